The Bertz CT molecular complexity index is 735. The van der Waals surface area contributed by atoms with Crippen LogP contribution in [0.25, 0.3) is 0 Å². The first kappa shape index (κ1) is 23.2. The number of nitrogens with zero attached hydrogens (tertiary/aromatic N) is 2. The minimum Gasteiger partial charge on any atom is -0.352 e. The van der Waals surface area contributed by atoms with Crippen LogP contribution in [0.15, 0.2) is 33.5 Å². The Morgan fingerprint density at radius 3 is 2.50 bits per heavy atom. The molecule has 0 amide bonds. The maximum Gasteiger partial charge on any atom is 0.191 e. The molecular formula is C19H29IN4S2. The lowest BCUT2D eigenvalue weighted by molar-refractivity contribution is 0.570. The average Bonchev–Trinajstić information content (AvgIpc) is 3.05. The Labute approximate surface area is 182 Å². The Balaban J connectivity index is 0.00000338. The molecule has 2 rings (SSSR count). The van der Waals surface area contributed by atoms with E-state index in [9.17, 15) is 0 Å². The van der Waals surface area contributed by atoms with Gasteiger partial charge in [-0.2, -0.15) is 0 Å². The zero-order chi connectivity index (χ0) is 18.4. The molecule has 0 spiro atoms. The van der Waals surface area contributed by atoms with Crippen LogP contribution in [0.5, 0.6) is 0 Å². The van der Waals surface area contributed by atoms with E-state index >= 15 is 0 Å². The fraction of sp³-hybridized carbons (Fsp3) is 0.474. The van der Waals surface area contributed by atoms with Crippen LogP contribution < -0.4 is 10.6 Å². The van der Waals surface area contributed by atoms with E-state index in [1.54, 1.807) is 30.1 Å². The molecule has 26 heavy (non-hydrogen) atoms. The van der Waals surface area contributed by atoms with Crippen LogP contribution in [0.2, 0.25) is 0 Å². The van der Waals surface area contributed by atoms with Gasteiger partial charge in [0.2, 0.25) is 0 Å². The van der Waals surface area contributed by atoms with Crippen molar-refractivity contribution in [3.05, 3.63) is 45.4 Å². The van der Waals surface area contributed by atoms with Crippen molar-refractivity contribution in [2.24, 2.45) is 4.99 Å². The minimum atomic E-state index is 0. The molecule has 1 heterocycles. The van der Waals surface area contributed by atoms with Gasteiger partial charge in [0.05, 0.1) is 12.2 Å². The summed E-state index contributed by atoms with van der Waals surface area (Å²) in [4.78, 5) is 10.3. The summed E-state index contributed by atoms with van der Waals surface area (Å²) in [6, 6.07) is 6.55. The quantitative estimate of drug-likeness (QED) is 0.262. The first-order chi connectivity index (χ1) is 11.8. The highest BCUT2D eigenvalue weighted by atomic mass is 127. The highest BCUT2D eigenvalue weighted by molar-refractivity contribution is 14.0. The SMILES string of the molecule is CN=C(NCc1nc(C(C)(C)C)cs1)NCc1ccc(C)cc1SC.I. The lowest BCUT2D eigenvalue weighted by Gasteiger charge is -2.15. The summed E-state index contributed by atoms with van der Waals surface area (Å²) in [7, 11) is 1.79. The van der Waals surface area contributed by atoms with Crippen LogP contribution in [0.4, 0.5) is 0 Å². The Morgan fingerprint density at radius 1 is 1.23 bits per heavy atom. The highest BCUT2D eigenvalue weighted by Crippen LogP contribution is 2.24. The van der Waals surface area contributed by atoms with Crippen LogP contribution in [0, 0.1) is 6.92 Å². The topological polar surface area (TPSA) is 49.3 Å². The number of benzene rings is 1. The number of guanidine groups is 1. The third-order valence-corrected chi connectivity index (χ3v) is 5.51. The Kier molecular flexibility index (Phi) is 9.40. The van der Waals surface area contributed by atoms with E-state index in [0.29, 0.717) is 6.54 Å². The lowest BCUT2D eigenvalue weighted by atomic mass is 9.93. The molecule has 0 fully saturated rings. The highest BCUT2D eigenvalue weighted by Gasteiger charge is 2.17. The average molecular weight is 505 g/mol. The second-order valence-electron chi connectivity index (χ2n) is 6.97. The largest absolute Gasteiger partial charge is 0.352 e. The van der Waals surface area contributed by atoms with E-state index in [-0.39, 0.29) is 29.4 Å². The van der Waals surface area contributed by atoms with Crippen molar-refractivity contribution in [2.75, 3.05) is 13.3 Å². The van der Waals surface area contributed by atoms with Gasteiger partial charge in [0.25, 0.3) is 0 Å². The molecule has 1 aromatic carbocycles. The molecule has 0 radical (unpaired) electrons. The maximum atomic E-state index is 4.71. The number of aryl methyl sites for hydroxylation is 1. The summed E-state index contributed by atoms with van der Waals surface area (Å²) in [6.07, 6.45) is 2.11. The number of thiazole rings is 1. The van der Waals surface area contributed by atoms with Crippen LogP contribution >= 0.6 is 47.1 Å². The lowest BCUT2D eigenvalue weighted by Crippen LogP contribution is -2.36. The van der Waals surface area contributed by atoms with E-state index in [2.05, 4.69) is 73.2 Å². The van der Waals surface area contributed by atoms with Crippen LogP contribution in [0.1, 0.15) is 42.6 Å². The number of aromatic nitrogens is 1. The van der Waals surface area contributed by atoms with Gasteiger partial charge < -0.3 is 10.6 Å². The number of hydrogen-bond acceptors (Lipinski definition) is 4. The van der Waals surface area contributed by atoms with Gasteiger partial charge in [-0.3, -0.25) is 4.99 Å². The van der Waals surface area contributed by atoms with Crippen molar-refractivity contribution in [2.45, 2.75) is 51.1 Å². The molecule has 0 bridgehead atoms. The maximum absolute atomic E-state index is 4.71. The zero-order valence-electron chi connectivity index (χ0n) is 16.3. The third-order valence-electron chi connectivity index (χ3n) is 3.84. The van der Waals surface area contributed by atoms with E-state index in [4.69, 9.17) is 4.98 Å². The molecule has 0 aliphatic rings. The monoisotopic (exact) mass is 504 g/mol. The summed E-state index contributed by atoms with van der Waals surface area (Å²) in [6.45, 7) is 10.1. The molecule has 1 aromatic heterocycles. The van der Waals surface area contributed by atoms with E-state index in [1.807, 2.05) is 0 Å². The number of thioether (sulfide) groups is 1. The predicted molar refractivity (Wildman–Crippen MR) is 126 cm³/mol. The van der Waals surface area contributed by atoms with Crippen LogP contribution in [-0.2, 0) is 18.5 Å². The molecule has 4 nitrogen and oxygen atoms in total. The van der Waals surface area contributed by atoms with Crippen molar-refractivity contribution in [3.63, 3.8) is 0 Å². The van der Waals surface area contributed by atoms with Gasteiger partial charge in [-0.25, -0.2) is 4.98 Å². The fourth-order valence-electron chi connectivity index (χ4n) is 2.29. The van der Waals surface area contributed by atoms with Crippen molar-refractivity contribution in [3.8, 4) is 0 Å². The third kappa shape index (κ3) is 6.74. The zero-order valence-corrected chi connectivity index (χ0v) is 20.3. The molecule has 7 heteroatoms. The molecule has 2 N–H and O–H groups in total. The predicted octanol–water partition coefficient (Wildman–Crippen LogP) is 4.95. The van der Waals surface area contributed by atoms with Gasteiger partial charge in [-0.1, -0.05) is 32.9 Å². The number of halogens is 1. The number of rotatable bonds is 5. The first-order valence-corrected chi connectivity index (χ1v) is 10.5. The number of nitrogens with one attached hydrogen (secondary N) is 2. The molecular weight excluding hydrogens is 475 g/mol. The van der Waals surface area contributed by atoms with Gasteiger partial charge in [-0.05, 0) is 30.4 Å². The second-order valence-corrected chi connectivity index (χ2v) is 8.76. The summed E-state index contributed by atoms with van der Waals surface area (Å²) in [5.74, 6) is 0.792. The Morgan fingerprint density at radius 2 is 1.92 bits per heavy atom. The van der Waals surface area contributed by atoms with Gasteiger partial charge in [0, 0.05) is 29.3 Å². The Hall–Kier alpha value is -0.800. The fourth-order valence-corrected chi connectivity index (χ4v) is 3.96. The van der Waals surface area contributed by atoms with Crippen molar-refractivity contribution in [1.82, 2.24) is 15.6 Å². The molecule has 0 atom stereocenters. The van der Waals surface area contributed by atoms with E-state index < -0.39 is 0 Å². The molecule has 0 unspecified atom stereocenters. The minimum absolute atomic E-state index is 0. The van der Waals surface area contributed by atoms with Crippen LogP contribution in [-0.4, -0.2) is 24.2 Å². The normalized spacial score (nSPS) is 11.8. The number of aliphatic imine (C=N–C) groups is 1. The molecule has 0 saturated heterocycles. The smallest absolute Gasteiger partial charge is 0.191 e. The van der Waals surface area contributed by atoms with E-state index in [0.717, 1.165) is 23.2 Å². The molecule has 2 aromatic rings. The summed E-state index contributed by atoms with van der Waals surface area (Å²) in [5.41, 5.74) is 3.80. The summed E-state index contributed by atoms with van der Waals surface area (Å²) in [5, 5.41) is 9.96. The van der Waals surface area contributed by atoms with Gasteiger partial charge >= 0.3 is 0 Å². The van der Waals surface area contributed by atoms with E-state index in [1.165, 1.54) is 16.0 Å². The van der Waals surface area contributed by atoms with Crippen molar-refractivity contribution < 1.29 is 0 Å². The molecule has 144 valence electrons. The van der Waals surface area contributed by atoms with Gasteiger partial charge in [0.1, 0.15) is 5.01 Å². The number of hydrogen-bond donors (Lipinski definition) is 2. The van der Waals surface area contributed by atoms with Gasteiger partial charge in [0.15, 0.2) is 5.96 Å². The van der Waals surface area contributed by atoms with Crippen molar-refractivity contribution >= 4 is 53.0 Å². The summed E-state index contributed by atoms with van der Waals surface area (Å²) >= 11 is 3.47. The first-order valence-electron chi connectivity index (χ1n) is 8.36. The molecule has 0 aliphatic heterocycles. The summed E-state index contributed by atoms with van der Waals surface area (Å²) < 4.78 is 0. The molecule has 0 aliphatic carbocycles. The van der Waals surface area contributed by atoms with Crippen molar-refractivity contribution in [1.29, 1.82) is 0 Å². The van der Waals surface area contributed by atoms with Gasteiger partial charge in [-0.15, -0.1) is 47.1 Å². The second kappa shape index (κ2) is 10.5. The van der Waals surface area contributed by atoms with Crippen LogP contribution in [0.3, 0.4) is 0 Å². The standard InChI is InChI=1S/C19H28N4S2.HI/c1-13-7-8-14(15(9-13)24-6)10-21-18(20-5)22-11-17-23-16(12-25-17)19(2,3)4;/h7-9,12H,10-11H2,1-6H3,(H2,20,21,22);1H. The molecule has 0 saturated carbocycles.